The van der Waals surface area contributed by atoms with Gasteiger partial charge in [-0.15, -0.1) is 10.2 Å². The third-order valence-electron chi connectivity index (χ3n) is 5.36. The van der Waals surface area contributed by atoms with Crippen molar-refractivity contribution in [3.8, 4) is 11.4 Å². The molecule has 0 saturated heterocycles. The molecule has 1 heterocycles. The van der Waals surface area contributed by atoms with Crippen LogP contribution >= 0.6 is 23.4 Å². The molecule has 3 aromatic carbocycles. The summed E-state index contributed by atoms with van der Waals surface area (Å²) in [6.07, 6.45) is -4.69. The number of rotatable bonds is 9. The molecule has 4 rings (SSSR count). The van der Waals surface area contributed by atoms with Gasteiger partial charge in [-0.3, -0.25) is 14.2 Å². The van der Waals surface area contributed by atoms with Crippen molar-refractivity contribution in [3.63, 3.8) is 0 Å². The Kier molecular flexibility index (Phi) is 8.77. The molecular weight excluding hydrogens is 555 g/mol. The zero-order valence-electron chi connectivity index (χ0n) is 20.3. The summed E-state index contributed by atoms with van der Waals surface area (Å²) in [5.41, 5.74) is -0.424. The molecule has 0 radical (unpaired) electrons. The van der Waals surface area contributed by atoms with Gasteiger partial charge in [-0.25, -0.2) is 0 Å². The monoisotopic (exact) mass is 575 g/mol. The van der Waals surface area contributed by atoms with Crippen LogP contribution in [0.5, 0.6) is 5.75 Å². The lowest BCUT2D eigenvalue weighted by atomic mass is 10.1. The number of carbonyl (C=O) groups excluding carboxylic acids is 2. The number of benzene rings is 3. The van der Waals surface area contributed by atoms with Crippen LogP contribution in [0.4, 0.5) is 18.9 Å². The lowest BCUT2D eigenvalue weighted by molar-refractivity contribution is -0.138. The summed E-state index contributed by atoms with van der Waals surface area (Å²) in [4.78, 5) is 25.2. The van der Waals surface area contributed by atoms with Crippen molar-refractivity contribution < 1.29 is 27.5 Å². The van der Waals surface area contributed by atoms with Crippen LogP contribution in [0, 0.1) is 0 Å². The fraction of sp³-hybridized carbons (Fsp3) is 0.154. The first-order valence-electron chi connectivity index (χ1n) is 11.4. The van der Waals surface area contributed by atoms with Gasteiger partial charge < -0.3 is 15.4 Å². The molecule has 0 saturated carbocycles. The van der Waals surface area contributed by atoms with Crippen molar-refractivity contribution >= 4 is 40.9 Å². The van der Waals surface area contributed by atoms with E-state index >= 15 is 0 Å². The summed E-state index contributed by atoms with van der Waals surface area (Å²) >= 11 is 7.25. The number of ether oxygens (including phenoxy) is 1. The number of aromatic nitrogens is 3. The number of carbonyl (C=O) groups is 2. The number of nitrogens with one attached hydrogen (secondary N) is 2. The van der Waals surface area contributed by atoms with Crippen LogP contribution in [-0.4, -0.2) is 39.4 Å². The summed E-state index contributed by atoms with van der Waals surface area (Å²) in [6, 6.07) is 18.1. The van der Waals surface area contributed by atoms with E-state index in [9.17, 15) is 22.8 Å². The molecule has 2 amide bonds. The molecule has 4 aromatic rings. The minimum Gasteiger partial charge on any atom is -0.497 e. The first-order valence-corrected chi connectivity index (χ1v) is 12.7. The lowest BCUT2D eigenvalue weighted by Crippen LogP contribution is -2.27. The summed E-state index contributed by atoms with van der Waals surface area (Å²) in [6.45, 7) is -0.233. The average Bonchev–Trinajstić information content (AvgIpc) is 3.33. The van der Waals surface area contributed by atoms with E-state index in [2.05, 4.69) is 20.8 Å². The van der Waals surface area contributed by atoms with Crippen molar-refractivity contribution in [1.82, 2.24) is 20.1 Å². The van der Waals surface area contributed by atoms with Crippen molar-refractivity contribution in [2.75, 3.05) is 18.2 Å². The molecule has 0 aliphatic carbocycles. The van der Waals surface area contributed by atoms with Crippen molar-refractivity contribution in [2.24, 2.45) is 0 Å². The maximum absolute atomic E-state index is 13.4. The number of nitrogens with zero attached hydrogens (tertiary/aromatic N) is 3. The van der Waals surface area contributed by atoms with Crippen LogP contribution in [0.2, 0.25) is 5.02 Å². The molecule has 0 spiro atoms. The molecule has 0 aliphatic heterocycles. The molecule has 0 aliphatic rings. The molecule has 8 nitrogen and oxygen atoms in total. The number of amides is 2. The Morgan fingerprint density at radius 2 is 1.77 bits per heavy atom. The first-order chi connectivity index (χ1) is 18.7. The normalized spacial score (nSPS) is 11.2. The van der Waals surface area contributed by atoms with E-state index in [0.29, 0.717) is 27.3 Å². The lowest BCUT2D eigenvalue weighted by Gasteiger charge is -2.14. The molecule has 1 aromatic heterocycles. The van der Waals surface area contributed by atoms with Gasteiger partial charge in [0, 0.05) is 10.7 Å². The van der Waals surface area contributed by atoms with Crippen LogP contribution in [0.15, 0.2) is 78.0 Å². The predicted octanol–water partition coefficient (Wildman–Crippen LogP) is 5.61. The maximum Gasteiger partial charge on any atom is 0.417 e. The predicted molar refractivity (Wildman–Crippen MR) is 141 cm³/mol. The quantitative estimate of drug-likeness (QED) is 0.252. The Hall–Kier alpha value is -4.03. The summed E-state index contributed by atoms with van der Waals surface area (Å²) < 4.78 is 46.8. The van der Waals surface area contributed by atoms with E-state index in [4.69, 9.17) is 16.3 Å². The zero-order valence-corrected chi connectivity index (χ0v) is 21.9. The molecule has 39 heavy (non-hydrogen) atoms. The van der Waals surface area contributed by atoms with Gasteiger partial charge in [-0.05, 0) is 54.6 Å². The number of thioether (sulfide) groups is 1. The van der Waals surface area contributed by atoms with Gasteiger partial charge in [0.1, 0.15) is 5.75 Å². The standard InChI is InChI=1S/C26H21ClF3N5O3S/c1-38-19-11-9-17(10-12-19)32-23(36)15-39-25-34-33-22(35(25)18-6-4-5-16(27)13-18)14-31-24(37)20-7-2-3-8-21(20)26(28,29)30/h2-13H,14-15H2,1H3,(H,31,37)(H,32,36). The van der Waals surface area contributed by atoms with E-state index in [1.54, 1.807) is 60.2 Å². The number of hydrogen-bond acceptors (Lipinski definition) is 6. The molecule has 0 atom stereocenters. The van der Waals surface area contributed by atoms with Crippen molar-refractivity contribution in [3.05, 3.63) is 94.8 Å². The Bertz CT molecular complexity index is 1480. The van der Waals surface area contributed by atoms with Gasteiger partial charge in [-0.1, -0.05) is 41.6 Å². The van der Waals surface area contributed by atoms with E-state index in [-0.39, 0.29) is 24.0 Å². The van der Waals surface area contributed by atoms with Crippen molar-refractivity contribution in [1.29, 1.82) is 0 Å². The molecule has 202 valence electrons. The third kappa shape index (κ3) is 7.09. The molecule has 0 bridgehead atoms. The first kappa shape index (κ1) is 28.0. The average molecular weight is 576 g/mol. The largest absolute Gasteiger partial charge is 0.497 e. The van der Waals surface area contributed by atoms with E-state index in [1.807, 2.05) is 0 Å². The van der Waals surface area contributed by atoms with Crippen LogP contribution in [0.3, 0.4) is 0 Å². The Balaban J connectivity index is 1.52. The summed E-state index contributed by atoms with van der Waals surface area (Å²) in [5, 5.41) is 14.2. The number of alkyl halides is 3. The molecule has 0 fully saturated rings. The van der Waals surface area contributed by atoms with Gasteiger partial charge in [-0.2, -0.15) is 13.2 Å². The summed E-state index contributed by atoms with van der Waals surface area (Å²) in [7, 11) is 1.54. The highest BCUT2D eigenvalue weighted by Gasteiger charge is 2.34. The SMILES string of the molecule is COc1ccc(NC(=O)CSc2nnc(CNC(=O)c3ccccc3C(F)(F)F)n2-c2cccc(Cl)c2)cc1. The molecule has 0 unspecified atom stereocenters. The highest BCUT2D eigenvalue weighted by molar-refractivity contribution is 7.99. The number of anilines is 1. The topological polar surface area (TPSA) is 98.1 Å². The Morgan fingerprint density at radius 1 is 1.03 bits per heavy atom. The molecular formula is C26H21ClF3N5O3S. The molecule has 2 N–H and O–H groups in total. The minimum atomic E-state index is -4.69. The van der Waals surface area contributed by atoms with E-state index in [0.717, 1.165) is 23.9 Å². The second-order valence-electron chi connectivity index (χ2n) is 8.01. The van der Waals surface area contributed by atoms with Gasteiger partial charge in [0.05, 0.1) is 36.2 Å². The number of hydrogen-bond donors (Lipinski definition) is 2. The number of halogens is 4. The van der Waals surface area contributed by atoms with E-state index in [1.165, 1.54) is 12.1 Å². The molecule has 13 heteroatoms. The van der Waals surface area contributed by atoms with Crippen LogP contribution < -0.4 is 15.4 Å². The van der Waals surface area contributed by atoms with Gasteiger partial charge in [0.25, 0.3) is 5.91 Å². The fourth-order valence-electron chi connectivity index (χ4n) is 3.57. The van der Waals surface area contributed by atoms with E-state index < -0.39 is 23.2 Å². The number of methoxy groups -OCH3 is 1. The third-order valence-corrected chi connectivity index (χ3v) is 6.52. The minimum absolute atomic E-state index is 0.0178. The van der Waals surface area contributed by atoms with Gasteiger partial charge in [0.15, 0.2) is 11.0 Å². The second-order valence-corrected chi connectivity index (χ2v) is 9.38. The zero-order chi connectivity index (χ0) is 28.0. The van der Waals surface area contributed by atoms with Gasteiger partial charge in [0.2, 0.25) is 5.91 Å². The van der Waals surface area contributed by atoms with Crippen LogP contribution in [-0.2, 0) is 17.5 Å². The second kappa shape index (κ2) is 12.2. The highest BCUT2D eigenvalue weighted by atomic mass is 35.5. The highest BCUT2D eigenvalue weighted by Crippen LogP contribution is 2.32. The Labute approximate surface area is 230 Å². The van der Waals surface area contributed by atoms with Crippen LogP contribution in [0.1, 0.15) is 21.7 Å². The van der Waals surface area contributed by atoms with Gasteiger partial charge >= 0.3 is 6.18 Å². The smallest absolute Gasteiger partial charge is 0.417 e. The van der Waals surface area contributed by atoms with Crippen LogP contribution in [0.25, 0.3) is 5.69 Å². The summed E-state index contributed by atoms with van der Waals surface area (Å²) in [5.74, 6) is -0.358. The van der Waals surface area contributed by atoms with Crippen molar-refractivity contribution in [2.45, 2.75) is 17.9 Å². The fourth-order valence-corrected chi connectivity index (χ4v) is 4.52. The maximum atomic E-state index is 13.4. The Morgan fingerprint density at radius 3 is 2.46 bits per heavy atom.